The first-order chi connectivity index (χ1) is 9.51. The van der Waals surface area contributed by atoms with Gasteiger partial charge in [0.25, 0.3) is 0 Å². The fourth-order valence-electron chi connectivity index (χ4n) is 1.53. The number of rotatable bonds is 6. The number of hydrogen-bond donors (Lipinski definition) is 4. The molecule has 3 amide bonds. The van der Waals surface area contributed by atoms with Crippen molar-refractivity contribution in [3.05, 3.63) is 24.3 Å². The fraction of sp³-hybridized carbons (Fsp3) is 0.429. The predicted molar refractivity (Wildman–Crippen MR) is 80.4 cm³/mol. The number of benzene rings is 1. The molecule has 0 saturated heterocycles. The average molecular weight is 278 g/mol. The highest BCUT2D eigenvalue weighted by atomic mass is 16.2. The van der Waals surface area contributed by atoms with E-state index in [1.54, 1.807) is 24.3 Å². The standard InChI is InChI=1S/C14H22N4O2/c1-3-10(2)17-13(19)7-8-16-14(20)18-12-6-4-5-11(15)9-12/h4-6,9-10H,3,7-8,15H2,1-2H3,(H,17,19)(H2,16,18,20). The highest BCUT2D eigenvalue weighted by Gasteiger charge is 2.06. The van der Waals surface area contributed by atoms with Crippen LogP contribution in [0.2, 0.25) is 0 Å². The first-order valence-corrected chi connectivity index (χ1v) is 6.71. The number of nitrogens with one attached hydrogen (secondary N) is 3. The number of anilines is 2. The van der Waals surface area contributed by atoms with Gasteiger partial charge in [0.2, 0.25) is 5.91 Å². The quantitative estimate of drug-likeness (QED) is 0.596. The molecule has 0 fully saturated rings. The van der Waals surface area contributed by atoms with Crippen molar-refractivity contribution < 1.29 is 9.59 Å². The van der Waals surface area contributed by atoms with Crippen LogP contribution in [0.25, 0.3) is 0 Å². The lowest BCUT2D eigenvalue weighted by atomic mass is 10.2. The van der Waals surface area contributed by atoms with Crippen LogP contribution in [0.15, 0.2) is 24.3 Å². The normalized spacial score (nSPS) is 11.5. The van der Waals surface area contributed by atoms with Crippen LogP contribution in [0, 0.1) is 0 Å². The lowest BCUT2D eigenvalue weighted by molar-refractivity contribution is -0.121. The summed E-state index contributed by atoms with van der Waals surface area (Å²) in [5.74, 6) is -0.0661. The average Bonchev–Trinajstić information content (AvgIpc) is 2.38. The summed E-state index contributed by atoms with van der Waals surface area (Å²) in [6.45, 7) is 4.23. The fourth-order valence-corrected chi connectivity index (χ4v) is 1.53. The van der Waals surface area contributed by atoms with Crippen molar-refractivity contribution in [2.75, 3.05) is 17.6 Å². The largest absolute Gasteiger partial charge is 0.399 e. The zero-order chi connectivity index (χ0) is 15.0. The van der Waals surface area contributed by atoms with Gasteiger partial charge in [0.1, 0.15) is 0 Å². The molecular formula is C14H22N4O2. The van der Waals surface area contributed by atoms with Gasteiger partial charge in [-0.15, -0.1) is 0 Å². The molecule has 0 saturated carbocycles. The van der Waals surface area contributed by atoms with Gasteiger partial charge in [-0.25, -0.2) is 4.79 Å². The van der Waals surface area contributed by atoms with E-state index in [9.17, 15) is 9.59 Å². The number of urea groups is 1. The third-order valence-electron chi connectivity index (χ3n) is 2.80. The van der Waals surface area contributed by atoms with Gasteiger partial charge < -0.3 is 21.7 Å². The van der Waals surface area contributed by atoms with Crippen LogP contribution in [0.1, 0.15) is 26.7 Å². The van der Waals surface area contributed by atoms with Crippen molar-refractivity contribution >= 4 is 23.3 Å². The lowest BCUT2D eigenvalue weighted by Gasteiger charge is -2.12. The van der Waals surface area contributed by atoms with Crippen molar-refractivity contribution in [1.82, 2.24) is 10.6 Å². The number of carbonyl (C=O) groups is 2. The molecule has 5 N–H and O–H groups in total. The molecule has 0 radical (unpaired) electrons. The van der Waals surface area contributed by atoms with E-state index in [0.29, 0.717) is 11.4 Å². The molecule has 6 nitrogen and oxygen atoms in total. The second-order valence-corrected chi connectivity index (χ2v) is 4.63. The van der Waals surface area contributed by atoms with Gasteiger partial charge in [-0.05, 0) is 31.5 Å². The summed E-state index contributed by atoms with van der Waals surface area (Å²) in [6, 6.07) is 6.70. The summed E-state index contributed by atoms with van der Waals surface area (Å²) in [7, 11) is 0. The second kappa shape index (κ2) is 8.04. The molecule has 0 aliphatic carbocycles. The van der Waals surface area contributed by atoms with E-state index >= 15 is 0 Å². The maximum Gasteiger partial charge on any atom is 0.319 e. The molecule has 0 spiro atoms. The van der Waals surface area contributed by atoms with Crippen LogP contribution in [-0.2, 0) is 4.79 Å². The van der Waals surface area contributed by atoms with Crippen molar-refractivity contribution in [2.24, 2.45) is 0 Å². The Morgan fingerprint density at radius 1 is 1.35 bits per heavy atom. The van der Waals surface area contributed by atoms with Crippen LogP contribution in [0.3, 0.4) is 0 Å². The van der Waals surface area contributed by atoms with Gasteiger partial charge >= 0.3 is 6.03 Å². The number of hydrogen-bond acceptors (Lipinski definition) is 3. The van der Waals surface area contributed by atoms with Gasteiger partial charge in [0, 0.05) is 30.4 Å². The van der Waals surface area contributed by atoms with E-state index in [0.717, 1.165) is 6.42 Å². The summed E-state index contributed by atoms with van der Waals surface area (Å²) < 4.78 is 0. The number of amides is 3. The Labute approximate surface area is 119 Å². The Morgan fingerprint density at radius 3 is 2.75 bits per heavy atom. The lowest BCUT2D eigenvalue weighted by Crippen LogP contribution is -2.36. The monoisotopic (exact) mass is 278 g/mol. The highest BCUT2D eigenvalue weighted by molar-refractivity contribution is 5.90. The third kappa shape index (κ3) is 6.08. The summed E-state index contributed by atoms with van der Waals surface area (Å²) >= 11 is 0. The minimum Gasteiger partial charge on any atom is -0.399 e. The zero-order valence-electron chi connectivity index (χ0n) is 11.9. The van der Waals surface area contributed by atoms with Crippen molar-refractivity contribution in [3.8, 4) is 0 Å². The molecule has 0 aliphatic heterocycles. The summed E-state index contributed by atoms with van der Waals surface area (Å²) in [6.07, 6.45) is 1.14. The molecular weight excluding hydrogens is 256 g/mol. The van der Waals surface area contributed by atoms with Crippen molar-refractivity contribution in [2.45, 2.75) is 32.7 Å². The predicted octanol–water partition coefficient (Wildman–Crippen LogP) is 1.70. The molecule has 0 bridgehead atoms. The number of nitrogen functional groups attached to an aromatic ring is 1. The van der Waals surface area contributed by atoms with Crippen LogP contribution in [0.5, 0.6) is 0 Å². The van der Waals surface area contributed by atoms with Crippen LogP contribution >= 0.6 is 0 Å². The highest BCUT2D eigenvalue weighted by Crippen LogP contribution is 2.11. The van der Waals surface area contributed by atoms with Gasteiger partial charge in [-0.2, -0.15) is 0 Å². The molecule has 1 atom stereocenters. The summed E-state index contributed by atoms with van der Waals surface area (Å²) in [5, 5.41) is 8.10. The number of carbonyl (C=O) groups excluding carboxylic acids is 2. The van der Waals surface area contributed by atoms with E-state index in [4.69, 9.17) is 5.73 Å². The molecule has 1 unspecified atom stereocenters. The smallest absolute Gasteiger partial charge is 0.319 e. The minimum atomic E-state index is -0.355. The first kappa shape index (κ1) is 15.8. The van der Waals surface area contributed by atoms with Gasteiger partial charge in [-0.3, -0.25) is 4.79 Å². The van der Waals surface area contributed by atoms with E-state index < -0.39 is 0 Å². The van der Waals surface area contributed by atoms with E-state index in [-0.39, 0.29) is 30.9 Å². The maximum atomic E-state index is 11.6. The third-order valence-corrected chi connectivity index (χ3v) is 2.80. The number of nitrogens with two attached hydrogens (primary N) is 1. The summed E-state index contributed by atoms with van der Waals surface area (Å²) in [4.78, 5) is 23.1. The molecule has 1 aromatic rings. The van der Waals surface area contributed by atoms with Gasteiger partial charge in [0.05, 0.1) is 0 Å². The van der Waals surface area contributed by atoms with Crippen LogP contribution in [-0.4, -0.2) is 24.5 Å². The minimum absolute atomic E-state index is 0.0661. The van der Waals surface area contributed by atoms with Gasteiger partial charge in [-0.1, -0.05) is 13.0 Å². The molecule has 0 aliphatic rings. The SMILES string of the molecule is CCC(C)NC(=O)CCNC(=O)Nc1cccc(N)c1. The summed E-state index contributed by atoms with van der Waals surface area (Å²) in [5.41, 5.74) is 6.81. The maximum absolute atomic E-state index is 11.6. The Hall–Kier alpha value is -2.24. The Kier molecular flexibility index (Phi) is 6.36. The Balaban J connectivity index is 2.25. The van der Waals surface area contributed by atoms with Crippen LogP contribution < -0.4 is 21.7 Å². The molecule has 1 rings (SSSR count). The molecule has 0 aromatic heterocycles. The van der Waals surface area contributed by atoms with Gasteiger partial charge in [0.15, 0.2) is 0 Å². The molecule has 1 aromatic carbocycles. The molecule has 6 heteroatoms. The first-order valence-electron chi connectivity index (χ1n) is 6.71. The van der Waals surface area contributed by atoms with Crippen molar-refractivity contribution in [1.29, 1.82) is 0 Å². The Morgan fingerprint density at radius 2 is 2.10 bits per heavy atom. The van der Waals surface area contributed by atoms with E-state index in [1.807, 2.05) is 13.8 Å². The second-order valence-electron chi connectivity index (χ2n) is 4.63. The topological polar surface area (TPSA) is 96.2 Å². The Bertz CT molecular complexity index is 462. The van der Waals surface area contributed by atoms with Crippen LogP contribution in [0.4, 0.5) is 16.2 Å². The van der Waals surface area contributed by atoms with Crippen molar-refractivity contribution in [3.63, 3.8) is 0 Å². The molecule has 110 valence electrons. The van der Waals surface area contributed by atoms with E-state index in [2.05, 4.69) is 16.0 Å². The van der Waals surface area contributed by atoms with E-state index in [1.165, 1.54) is 0 Å². The molecule has 0 heterocycles. The zero-order valence-corrected chi connectivity index (χ0v) is 11.9. The molecule has 20 heavy (non-hydrogen) atoms.